The van der Waals surface area contributed by atoms with Crippen LogP contribution in [0.3, 0.4) is 0 Å². The molecule has 9 heteroatoms. The normalized spacial score (nSPS) is 11.8. The van der Waals surface area contributed by atoms with Crippen LogP contribution in [0.2, 0.25) is 10.0 Å². The summed E-state index contributed by atoms with van der Waals surface area (Å²) in [6, 6.07) is 9.83. The number of hydrogen-bond acceptors (Lipinski definition) is 4. The van der Waals surface area contributed by atoms with Gasteiger partial charge in [-0.15, -0.1) is 0 Å². The quantitative estimate of drug-likeness (QED) is 0.438. The van der Waals surface area contributed by atoms with E-state index in [-0.39, 0.29) is 4.90 Å². The molecule has 6 nitrogen and oxygen atoms in total. The molecule has 1 amide bonds. The molecular weight excluding hydrogens is 469 g/mol. The standard InChI is InChI=1S/C23H29Cl2N3O3S/c1-5-27(6-2)22-13-12-19(32(30,31)28(7-3)8-4)16-21(22)26-23(29)14-10-17-9-11-18(24)15-20(17)25/h9-16H,5-8H2,1-4H3,(H,26,29). The van der Waals surface area contributed by atoms with Crippen LogP contribution in [-0.2, 0) is 14.8 Å². The molecule has 0 unspecified atom stereocenters. The van der Waals surface area contributed by atoms with Crippen molar-refractivity contribution in [2.75, 3.05) is 36.4 Å². The average Bonchev–Trinajstić information content (AvgIpc) is 2.75. The summed E-state index contributed by atoms with van der Waals surface area (Å²) in [5.74, 6) is -0.401. The first-order valence-electron chi connectivity index (χ1n) is 10.5. The minimum absolute atomic E-state index is 0.136. The predicted octanol–water partition coefficient (Wildman–Crippen LogP) is 5.52. The molecule has 0 spiro atoms. The second-order valence-corrected chi connectivity index (χ2v) is 9.71. The van der Waals surface area contributed by atoms with Crippen molar-refractivity contribution in [3.05, 3.63) is 58.1 Å². The van der Waals surface area contributed by atoms with Crippen molar-refractivity contribution >= 4 is 56.6 Å². The second-order valence-electron chi connectivity index (χ2n) is 6.93. The van der Waals surface area contributed by atoms with E-state index in [1.54, 1.807) is 50.3 Å². The first-order valence-corrected chi connectivity index (χ1v) is 12.7. The van der Waals surface area contributed by atoms with Crippen molar-refractivity contribution in [1.82, 2.24) is 4.31 Å². The summed E-state index contributed by atoms with van der Waals surface area (Å²) in [4.78, 5) is 14.9. The van der Waals surface area contributed by atoms with E-state index in [1.807, 2.05) is 18.7 Å². The fourth-order valence-electron chi connectivity index (χ4n) is 3.30. The van der Waals surface area contributed by atoms with E-state index in [2.05, 4.69) is 5.32 Å². The third-order valence-electron chi connectivity index (χ3n) is 5.05. The zero-order valence-corrected chi connectivity index (χ0v) is 21.1. The SMILES string of the molecule is CCN(CC)c1ccc(S(=O)(=O)N(CC)CC)cc1NC(=O)C=Cc1ccc(Cl)cc1Cl. The number of sulfonamides is 1. The smallest absolute Gasteiger partial charge is 0.248 e. The lowest BCUT2D eigenvalue weighted by molar-refractivity contribution is -0.111. The zero-order chi connectivity index (χ0) is 23.9. The summed E-state index contributed by atoms with van der Waals surface area (Å²) < 4.78 is 27.4. The summed E-state index contributed by atoms with van der Waals surface area (Å²) >= 11 is 12.1. The van der Waals surface area contributed by atoms with Crippen LogP contribution in [-0.4, -0.2) is 44.8 Å². The van der Waals surface area contributed by atoms with Gasteiger partial charge in [0.05, 0.1) is 16.3 Å². The zero-order valence-electron chi connectivity index (χ0n) is 18.7. The van der Waals surface area contributed by atoms with Crippen molar-refractivity contribution in [1.29, 1.82) is 0 Å². The van der Waals surface area contributed by atoms with Crippen LogP contribution in [0.25, 0.3) is 6.08 Å². The van der Waals surface area contributed by atoms with Gasteiger partial charge < -0.3 is 10.2 Å². The van der Waals surface area contributed by atoms with E-state index in [0.717, 1.165) is 5.69 Å². The number of carbonyl (C=O) groups excluding carboxylic acids is 1. The highest BCUT2D eigenvalue weighted by Crippen LogP contribution is 2.30. The monoisotopic (exact) mass is 497 g/mol. The molecule has 0 fully saturated rings. The van der Waals surface area contributed by atoms with Crippen LogP contribution >= 0.6 is 23.2 Å². The van der Waals surface area contributed by atoms with Crippen LogP contribution in [0, 0.1) is 0 Å². The van der Waals surface area contributed by atoms with E-state index >= 15 is 0 Å². The predicted molar refractivity (Wildman–Crippen MR) is 134 cm³/mol. The van der Waals surface area contributed by atoms with E-state index < -0.39 is 15.9 Å². The highest BCUT2D eigenvalue weighted by atomic mass is 35.5. The van der Waals surface area contributed by atoms with Crippen molar-refractivity contribution in [2.24, 2.45) is 0 Å². The number of anilines is 2. The van der Waals surface area contributed by atoms with Gasteiger partial charge in [0, 0.05) is 42.3 Å². The van der Waals surface area contributed by atoms with Crippen molar-refractivity contribution in [2.45, 2.75) is 32.6 Å². The molecule has 0 radical (unpaired) electrons. The number of carbonyl (C=O) groups is 1. The number of nitrogens with one attached hydrogen (secondary N) is 1. The Morgan fingerprint density at radius 2 is 1.62 bits per heavy atom. The molecular formula is C23H29Cl2N3O3S. The van der Waals surface area contributed by atoms with Gasteiger partial charge in [0.15, 0.2) is 0 Å². The Bertz CT molecular complexity index is 1080. The second kappa shape index (κ2) is 11.7. The van der Waals surface area contributed by atoms with E-state index in [1.165, 1.54) is 16.4 Å². The first kappa shape index (κ1) is 26.2. The van der Waals surface area contributed by atoms with Gasteiger partial charge in [0.25, 0.3) is 0 Å². The molecule has 174 valence electrons. The van der Waals surface area contributed by atoms with E-state index in [4.69, 9.17) is 23.2 Å². The Morgan fingerprint density at radius 1 is 0.969 bits per heavy atom. The van der Waals surface area contributed by atoms with Gasteiger partial charge in [0.2, 0.25) is 15.9 Å². The van der Waals surface area contributed by atoms with Gasteiger partial charge in [-0.05, 0) is 55.8 Å². The van der Waals surface area contributed by atoms with Crippen LogP contribution in [0.1, 0.15) is 33.3 Å². The molecule has 0 saturated heterocycles. The van der Waals surface area contributed by atoms with Crippen LogP contribution in [0.15, 0.2) is 47.4 Å². The van der Waals surface area contributed by atoms with Crippen molar-refractivity contribution in [3.63, 3.8) is 0 Å². The lowest BCUT2D eigenvalue weighted by atomic mass is 10.2. The fourth-order valence-corrected chi connectivity index (χ4v) is 5.26. The maximum absolute atomic E-state index is 13.0. The maximum atomic E-state index is 13.0. The molecule has 2 rings (SSSR count). The molecule has 0 bridgehead atoms. The number of rotatable bonds is 10. The van der Waals surface area contributed by atoms with Crippen LogP contribution in [0.4, 0.5) is 11.4 Å². The minimum atomic E-state index is -3.66. The minimum Gasteiger partial charge on any atom is -0.370 e. The topological polar surface area (TPSA) is 69.7 Å². The molecule has 0 saturated carbocycles. The Morgan fingerprint density at radius 3 is 2.19 bits per heavy atom. The summed E-state index contributed by atoms with van der Waals surface area (Å²) in [7, 11) is -3.66. The first-order chi connectivity index (χ1) is 15.2. The van der Waals surface area contributed by atoms with Gasteiger partial charge in [-0.2, -0.15) is 4.31 Å². The van der Waals surface area contributed by atoms with Crippen LogP contribution in [0.5, 0.6) is 0 Å². The molecule has 0 aliphatic heterocycles. The average molecular weight is 498 g/mol. The molecule has 0 aliphatic rings. The molecule has 0 aromatic heterocycles. The Labute approximate surface area is 200 Å². The van der Waals surface area contributed by atoms with Gasteiger partial charge in [-0.3, -0.25) is 4.79 Å². The lowest BCUT2D eigenvalue weighted by Crippen LogP contribution is -2.31. The van der Waals surface area contributed by atoms with Crippen molar-refractivity contribution in [3.8, 4) is 0 Å². The summed E-state index contributed by atoms with van der Waals surface area (Å²) in [5, 5.41) is 3.76. The van der Waals surface area contributed by atoms with Crippen LogP contribution < -0.4 is 10.2 Å². The van der Waals surface area contributed by atoms with Gasteiger partial charge in [-0.25, -0.2) is 8.42 Å². The molecule has 2 aromatic rings. The molecule has 0 atom stereocenters. The summed E-state index contributed by atoms with van der Waals surface area (Å²) in [6.07, 6.45) is 2.94. The molecule has 32 heavy (non-hydrogen) atoms. The van der Waals surface area contributed by atoms with Gasteiger partial charge in [-0.1, -0.05) is 43.1 Å². The highest BCUT2D eigenvalue weighted by Gasteiger charge is 2.23. The number of amides is 1. The molecule has 0 aliphatic carbocycles. The van der Waals surface area contributed by atoms with E-state index in [9.17, 15) is 13.2 Å². The number of hydrogen-bond donors (Lipinski definition) is 1. The molecule has 0 heterocycles. The third kappa shape index (κ3) is 6.25. The molecule has 2 aromatic carbocycles. The number of nitrogens with zero attached hydrogens (tertiary/aromatic N) is 2. The Hall–Kier alpha value is -2.06. The van der Waals surface area contributed by atoms with Crippen molar-refractivity contribution < 1.29 is 13.2 Å². The highest BCUT2D eigenvalue weighted by molar-refractivity contribution is 7.89. The largest absolute Gasteiger partial charge is 0.370 e. The number of halogens is 2. The fraction of sp³-hybridized carbons (Fsp3) is 0.348. The third-order valence-corrected chi connectivity index (χ3v) is 7.66. The Balaban J connectivity index is 2.42. The summed E-state index contributed by atoms with van der Waals surface area (Å²) in [5.41, 5.74) is 1.83. The maximum Gasteiger partial charge on any atom is 0.248 e. The Kier molecular flexibility index (Phi) is 9.58. The van der Waals surface area contributed by atoms with E-state index in [0.29, 0.717) is 47.5 Å². The molecule has 1 N–H and O–H groups in total. The number of benzene rings is 2. The lowest BCUT2D eigenvalue weighted by Gasteiger charge is -2.25. The van der Waals surface area contributed by atoms with Gasteiger partial charge >= 0.3 is 0 Å². The summed E-state index contributed by atoms with van der Waals surface area (Å²) in [6.45, 7) is 9.72. The van der Waals surface area contributed by atoms with Gasteiger partial charge in [0.1, 0.15) is 0 Å².